The van der Waals surface area contributed by atoms with E-state index < -0.39 is 0 Å². The van der Waals surface area contributed by atoms with Gasteiger partial charge in [-0.3, -0.25) is 4.79 Å². The Hall–Kier alpha value is -1.72. The number of carbonyl (C=O) groups is 1. The molecule has 2 N–H and O–H groups in total. The predicted octanol–water partition coefficient (Wildman–Crippen LogP) is 3.69. The summed E-state index contributed by atoms with van der Waals surface area (Å²) in [7, 11) is 0. The Bertz CT molecular complexity index is 733. The Balaban J connectivity index is 2.05. The maximum atomic E-state index is 12.6. The van der Waals surface area contributed by atoms with Crippen LogP contribution in [-0.2, 0) is 0 Å². The second-order valence-electron chi connectivity index (χ2n) is 4.54. The van der Waals surface area contributed by atoms with Crippen molar-refractivity contribution < 1.29 is 14.3 Å². The Morgan fingerprint density at radius 1 is 1.10 bits per heavy atom. The summed E-state index contributed by atoms with van der Waals surface area (Å²) in [6.07, 6.45) is 0. The van der Waals surface area contributed by atoms with E-state index in [0.29, 0.717) is 51.0 Å². The van der Waals surface area contributed by atoms with Gasteiger partial charge >= 0.3 is 0 Å². The van der Waals surface area contributed by atoms with Crippen molar-refractivity contribution in [1.82, 2.24) is 0 Å². The van der Waals surface area contributed by atoms with Gasteiger partial charge < -0.3 is 15.2 Å². The average Bonchev–Trinajstić information content (AvgIpc) is 2.46. The van der Waals surface area contributed by atoms with Crippen LogP contribution in [0.4, 0.5) is 5.69 Å². The van der Waals surface area contributed by atoms with Gasteiger partial charge in [0, 0.05) is 26.3 Å². The minimum Gasteiger partial charge on any atom is -0.486 e. The molecule has 0 spiro atoms. The molecule has 1 heterocycles. The zero-order valence-electron chi connectivity index (χ0n) is 10.9. The SMILES string of the molecule is Nc1cc(Cl)ccc1C(=O)c1cc2c(cc1Br)OCCO2. The quantitative estimate of drug-likeness (QED) is 0.649. The fraction of sp³-hybridized carbons (Fsp3) is 0.133. The Morgan fingerprint density at radius 3 is 2.43 bits per heavy atom. The van der Waals surface area contributed by atoms with Crippen molar-refractivity contribution in [3.63, 3.8) is 0 Å². The van der Waals surface area contributed by atoms with Gasteiger partial charge in [0.25, 0.3) is 0 Å². The summed E-state index contributed by atoms with van der Waals surface area (Å²) < 4.78 is 11.6. The number of hydrogen-bond acceptors (Lipinski definition) is 4. The van der Waals surface area contributed by atoms with Crippen molar-refractivity contribution in [2.24, 2.45) is 0 Å². The number of carbonyl (C=O) groups excluding carboxylic acids is 1. The number of rotatable bonds is 2. The molecule has 4 nitrogen and oxygen atoms in total. The summed E-state index contributed by atoms with van der Waals surface area (Å²) in [5, 5.41) is 0.491. The minimum absolute atomic E-state index is 0.201. The third-order valence-electron chi connectivity index (χ3n) is 3.13. The lowest BCUT2D eigenvalue weighted by atomic mass is 10.0. The maximum absolute atomic E-state index is 12.6. The number of hydrogen-bond donors (Lipinski definition) is 1. The highest BCUT2D eigenvalue weighted by Crippen LogP contribution is 2.37. The monoisotopic (exact) mass is 367 g/mol. The minimum atomic E-state index is -0.201. The average molecular weight is 369 g/mol. The first-order chi connectivity index (χ1) is 10.1. The van der Waals surface area contributed by atoms with E-state index in [4.69, 9.17) is 26.8 Å². The van der Waals surface area contributed by atoms with E-state index in [-0.39, 0.29) is 5.78 Å². The standard InChI is InChI=1S/C15H11BrClNO3/c16-11-7-14-13(20-3-4-21-14)6-10(11)15(19)9-2-1-8(17)5-12(9)18/h1-2,5-7H,3-4,18H2. The van der Waals surface area contributed by atoms with Crippen LogP contribution >= 0.6 is 27.5 Å². The Labute approximate surface area is 134 Å². The molecule has 3 rings (SSSR count). The van der Waals surface area contributed by atoms with Crippen molar-refractivity contribution in [3.05, 3.63) is 51.0 Å². The lowest BCUT2D eigenvalue weighted by Crippen LogP contribution is -2.16. The van der Waals surface area contributed by atoms with Crippen LogP contribution in [0.1, 0.15) is 15.9 Å². The van der Waals surface area contributed by atoms with Crippen LogP contribution in [-0.4, -0.2) is 19.0 Å². The van der Waals surface area contributed by atoms with E-state index >= 15 is 0 Å². The summed E-state index contributed by atoms with van der Waals surface area (Å²) in [4.78, 5) is 12.6. The molecule has 2 aromatic carbocycles. The van der Waals surface area contributed by atoms with Gasteiger partial charge in [-0.2, -0.15) is 0 Å². The first-order valence-electron chi connectivity index (χ1n) is 6.25. The molecule has 1 aliphatic rings. The maximum Gasteiger partial charge on any atom is 0.196 e. The van der Waals surface area contributed by atoms with Gasteiger partial charge in [-0.1, -0.05) is 11.6 Å². The Morgan fingerprint density at radius 2 is 1.76 bits per heavy atom. The Kier molecular flexibility index (Phi) is 3.78. The molecule has 0 saturated heterocycles. The molecule has 21 heavy (non-hydrogen) atoms. The third kappa shape index (κ3) is 2.71. The molecule has 0 amide bonds. The van der Waals surface area contributed by atoms with E-state index in [9.17, 15) is 4.79 Å². The molecule has 0 aliphatic carbocycles. The van der Waals surface area contributed by atoms with Crippen molar-refractivity contribution in [1.29, 1.82) is 0 Å². The molecular weight excluding hydrogens is 358 g/mol. The fourth-order valence-electron chi connectivity index (χ4n) is 2.12. The highest BCUT2D eigenvalue weighted by Gasteiger charge is 2.21. The van der Waals surface area contributed by atoms with Crippen molar-refractivity contribution in [2.75, 3.05) is 18.9 Å². The first-order valence-corrected chi connectivity index (χ1v) is 7.42. The van der Waals surface area contributed by atoms with E-state index in [2.05, 4.69) is 15.9 Å². The number of fused-ring (bicyclic) bond motifs is 1. The summed E-state index contributed by atoms with van der Waals surface area (Å²) in [6.45, 7) is 0.961. The lowest BCUT2D eigenvalue weighted by molar-refractivity contribution is 0.103. The number of nitrogen functional groups attached to an aromatic ring is 1. The zero-order chi connectivity index (χ0) is 15.0. The number of halogens is 2. The number of benzene rings is 2. The molecule has 0 radical (unpaired) electrons. The van der Waals surface area contributed by atoms with Gasteiger partial charge in [-0.15, -0.1) is 0 Å². The van der Waals surface area contributed by atoms with Crippen molar-refractivity contribution in [3.8, 4) is 11.5 Å². The van der Waals surface area contributed by atoms with Crippen LogP contribution in [0.3, 0.4) is 0 Å². The summed E-state index contributed by atoms with van der Waals surface area (Å²) in [5.41, 5.74) is 7.08. The molecule has 108 valence electrons. The number of ketones is 1. The number of nitrogens with two attached hydrogens (primary N) is 1. The van der Waals surface area contributed by atoms with Gasteiger partial charge in [0.05, 0.1) is 0 Å². The van der Waals surface area contributed by atoms with Gasteiger partial charge in [0.2, 0.25) is 0 Å². The predicted molar refractivity (Wildman–Crippen MR) is 84.4 cm³/mol. The molecule has 0 atom stereocenters. The summed E-state index contributed by atoms with van der Waals surface area (Å²) >= 11 is 9.25. The third-order valence-corrected chi connectivity index (χ3v) is 4.03. The second-order valence-corrected chi connectivity index (χ2v) is 5.83. The van der Waals surface area contributed by atoms with E-state index in [0.717, 1.165) is 0 Å². The molecule has 2 aromatic rings. The van der Waals surface area contributed by atoms with Crippen LogP contribution in [0.15, 0.2) is 34.8 Å². The normalized spacial score (nSPS) is 13.0. The molecule has 0 bridgehead atoms. The topological polar surface area (TPSA) is 61.6 Å². The fourth-order valence-corrected chi connectivity index (χ4v) is 2.81. The van der Waals surface area contributed by atoms with Gasteiger partial charge in [-0.25, -0.2) is 0 Å². The molecule has 0 fully saturated rings. The van der Waals surface area contributed by atoms with E-state index in [1.165, 1.54) is 0 Å². The number of anilines is 1. The number of ether oxygens (including phenoxy) is 2. The van der Waals surface area contributed by atoms with Crippen LogP contribution < -0.4 is 15.2 Å². The molecule has 6 heteroatoms. The van der Waals surface area contributed by atoms with Crippen LogP contribution in [0.2, 0.25) is 5.02 Å². The van der Waals surface area contributed by atoms with E-state index in [1.54, 1.807) is 30.3 Å². The highest BCUT2D eigenvalue weighted by atomic mass is 79.9. The van der Waals surface area contributed by atoms with Crippen LogP contribution in [0, 0.1) is 0 Å². The van der Waals surface area contributed by atoms with Gasteiger partial charge in [0.15, 0.2) is 17.3 Å². The molecule has 0 saturated carbocycles. The molecule has 0 unspecified atom stereocenters. The van der Waals surface area contributed by atoms with Gasteiger partial charge in [-0.05, 0) is 46.3 Å². The van der Waals surface area contributed by atoms with Crippen LogP contribution in [0.5, 0.6) is 11.5 Å². The van der Waals surface area contributed by atoms with Crippen LogP contribution in [0.25, 0.3) is 0 Å². The molecule has 1 aliphatic heterocycles. The van der Waals surface area contributed by atoms with Crippen molar-refractivity contribution >= 4 is 39.0 Å². The first kappa shape index (κ1) is 14.2. The molecular formula is C15H11BrClNO3. The second kappa shape index (κ2) is 5.58. The zero-order valence-corrected chi connectivity index (χ0v) is 13.2. The van der Waals surface area contributed by atoms with E-state index in [1.807, 2.05) is 0 Å². The smallest absolute Gasteiger partial charge is 0.196 e. The largest absolute Gasteiger partial charge is 0.486 e. The van der Waals surface area contributed by atoms with Gasteiger partial charge in [0.1, 0.15) is 13.2 Å². The lowest BCUT2D eigenvalue weighted by Gasteiger charge is -2.19. The summed E-state index contributed by atoms with van der Waals surface area (Å²) in [5.74, 6) is 0.974. The van der Waals surface area contributed by atoms with Crippen molar-refractivity contribution in [2.45, 2.75) is 0 Å². The summed E-state index contributed by atoms with van der Waals surface area (Å²) in [6, 6.07) is 8.20. The highest BCUT2D eigenvalue weighted by molar-refractivity contribution is 9.10. The molecule has 0 aromatic heterocycles.